The van der Waals surface area contributed by atoms with Crippen LogP contribution < -0.4 is 10.6 Å². The van der Waals surface area contributed by atoms with Gasteiger partial charge in [0.15, 0.2) is 0 Å². The molecule has 0 aliphatic carbocycles. The van der Waals surface area contributed by atoms with Crippen molar-refractivity contribution in [3.05, 3.63) is 46.2 Å². The van der Waals surface area contributed by atoms with E-state index in [9.17, 15) is 4.79 Å². The monoisotopic (exact) mass is 338 g/mol. The second kappa shape index (κ2) is 7.42. The van der Waals surface area contributed by atoms with Gasteiger partial charge in [-0.15, -0.1) is 0 Å². The topological polar surface area (TPSA) is 66.9 Å². The van der Waals surface area contributed by atoms with Gasteiger partial charge in [0, 0.05) is 18.4 Å². The van der Waals surface area contributed by atoms with Crippen molar-refractivity contribution in [1.29, 1.82) is 0 Å². The second-order valence-electron chi connectivity index (χ2n) is 4.80. The number of hydrogen-bond acceptors (Lipinski definition) is 4. The van der Waals surface area contributed by atoms with Crippen molar-refractivity contribution in [2.45, 2.75) is 26.3 Å². The first-order valence-electron chi connectivity index (χ1n) is 6.85. The van der Waals surface area contributed by atoms with Gasteiger partial charge in [0.25, 0.3) is 5.91 Å². The van der Waals surface area contributed by atoms with Gasteiger partial charge in [0.2, 0.25) is 5.95 Å². The maximum Gasteiger partial charge on any atom is 0.254 e. The van der Waals surface area contributed by atoms with Crippen LogP contribution in [0.25, 0.3) is 0 Å². The van der Waals surface area contributed by atoms with Crippen LogP contribution in [0.4, 0.5) is 11.6 Å². The number of amides is 1. The molecule has 1 aromatic carbocycles. The number of carbonyl (C=O) groups is 1. The Labute approximate surface area is 139 Å². The lowest BCUT2D eigenvalue weighted by atomic mass is 10.2. The van der Waals surface area contributed by atoms with E-state index in [-0.39, 0.29) is 11.9 Å². The average Bonchev–Trinajstić information content (AvgIpc) is 2.51. The molecule has 5 nitrogen and oxygen atoms in total. The third-order valence-corrected chi connectivity index (χ3v) is 3.73. The minimum atomic E-state index is -0.198. The number of rotatable bonds is 5. The van der Waals surface area contributed by atoms with E-state index in [1.54, 1.807) is 18.2 Å². The van der Waals surface area contributed by atoms with Crippen LogP contribution in [-0.2, 0) is 0 Å². The van der Waals surface area contributed by atoms with Crippen LogP contribution >= 0.6 is 23.2 Å². The van der Waals surface area contributed by atoms with Crippen LogP contribution in [0.2, 0.25) is 10.0 Å². The third-order valence-electron chi connectivity index (χ3n) is 3.10. The lowest BCUT2D eigenvalue weighted by Crippen LogP contribution is -2.32. The lowest BCUT2D eigenvalue weighted by molar-refractivity contribution is 0.0938. The maximum absolute atomic E-state index is 11.9. The Morgan fingerprint density at radius 3 is 2.36 bits per heavy atom. The normalized spacial score (nSPS) is 11.8. The number of halogens is 2. The Balaban J connectivity index is 2.11. The van der Waals surface area contributed by atoms with Crippen molar-refractivity contribution in [3.63, 3.8) is 0 Å². The molecule has 1 heterocycles. The molecule has 0 spiro atoms. The van der Waals surface area contributed by atoms with Crippen molar-refractivity contribution < 1.29 is 4.79 Å². The average molecular weight is 339 g/mol. The minimum absolute atomic E-state index is 0.104. The van der Waals surface area contributed by atoms with Crippen LogP contribution in [0.5, 0.6) is 0 Å². The standard InChI is InChI=1S/C15H16Cl2N4O/c1-3-9(2)20-14(22)10-7-18-15(19-8-10)21-13-11(16)5-4-6-12(13)17/h4-9H,3H2,1-2H3,(H,20,22)(H,18,19,21). The fourth-order valence-corrected chi connectivity index (χ4v) is 2.14. The summed E-state index contributed by atoms with van der Waals surface area (Å²) in [5, 5.41) is 6.73. The highest BCUT2D eigenvalue weighted by atomic mass is 35.5. The molecule has 116 valence electrons. The zero-order valence-corrected chi connectivity index (χ0v) is 13.7. The van der Waals surface area contributed by atoms with Gasteiger partial charge < -0.3 is 10.6 Å². The van der Waals surface area contributed by atoms with Crippen LogP contribution in [-0.4, -0.2) is 21.9 Å². The zero-order valence-electron chi connectivity index (χ0n) is 12.2. The molecule has 0 radical (unpaired) electrons. The summed E-state index contributed by atoms with van der Waals surface area (Å²) in [6, 6.07) is 5.28. The molecule has 0 aliphatic rings. The van der Waals surface area contributed by atoms with Gasteiger partial charge in [-0.2, -0.15) is 0 Å². The highest BCUT2D eigenvalue weighted by Crippen LogP contribution is 2.31. The van der Waals surface area contributed by atoms with Crippen LogP contribution in [0, 0.1) is 0 Å². The van der Waals surface area contributed by atoms with Crippen molar-refractivity contribution in [3.8, 4) is 0 Å². The Hall–Kier alpha value is -1.85. The number of nitrogens with one attached hydrogen (secondary N) is 2. The lowest BCUT2D eigenvalue weighted by Gasteiger charge is -2.11. The fourth-order valence-electron chi connectivity index (χ4n) is 1.65. The number of aromatic nitrogens is 2. The van der Waals surface area contributed by atoms with E-state index in [2.05, 4.69) is 20.6 Å². The van der Waals surface area contributed by atoms with Crippen LogP contribution in [0.15, 0.2) is 30.6 Å². The van der Waals surface area contributed by atoms with Gasteiger partial charge in [-0.1, -0.05) is 36.2 Å². The molecule has 22 heavy (non-hydrogen) atoms. The SMILES string of the molecule is CCC(C)NC(=O)c1cnc(Nc2c(Cl)cccc2Cl)nc1. The number of benzene rings is 1. The van der Waals surface area contributed by atoms with Crippen LogP contribution in [0.3, 0.4) is 0 Å². The van der Waals surface area contributed by atoms with Gasteiger partial charge >= 0.3 is 0 Å². The fraction of sp³-hybridized carbons (Fsp3) is 0.267. The number of nitrogens with zero attached hydrogens (tertiary/aromatic N) is 2. The van der Waals surface area contributed by atoms with Gasteiger partial charge in [-0.25, -0.2) is 9.97 Å². The molecule has 2 N–H and O–H groups in total. The molecule has 0 saturated heterocycles. The Morgan fingerprint density at radius 2 is 1.82 bits per heavy atom. The summed E-state index contributed by atoms with van der Waals surface area (Å²) in [6.07, 6.45) is 3.77. The summed E-state index contributed by atoms with van der Waals surface area (Å²) in [5.41, 5.74) is 0.929. The molecule has 0 aliphatic heterocycles. The van der Waals surface area contributed by atoms with Crippen molar-refractivity contribution in [1.82, 2.24) is 15.3 Å². The molecule has 0 fully saturated rings. The van der Waals surface area contributed by atoms with E-state index in [4.69, 9.17) is 23.2 Å². The molecule has 1 amide bonds. The second-order valence-corrected chi connectivity index (χ2v) is 5.61. The first-order chi connectivity index (χ1) is 10.5. The van der Waals surface area contributed by atoms with E-state index < -0.39 is 0 Å². The predicted molar refractivity (Wildman–Crippen MR) is 89.0 cm³/mol. The third kappa shape index (κ3) is 4.08. The summed E-state index contributed by atoms with van der Waals surface area (Å²) >= 11 is 12.1. The molecular formula is C15H16Cl2N4O. The highest BCUT2D eigenvalue weighted by molar-refractivity contribution is 6.39. The Kier molecular flexibility index (Phi) is 5.57. The van der Waals surface area contributed by atoms with Gasteiger partial charge in [0.1, 0.15) is 0 Å². The molecule has 1 unspecified atom stereocenters. The minimum Gasteiger partial charge on any atom is -0.350 e. The molecule has 0 bridgehead atoms. The van der Waals surface area contributed by atoms with E-state index in [1.165, 1.54) is 12.4 Å². The number of hydrogen-bond donors (Lipinski definition) is 2. The van der Waals surface area contributed by atoms with E-state index in [0.717, 1.165) is 6.42 Å². The van der Waals surface area contributed by atoms with Gasteiger partial charge in [-0.3, -0.25) is 4.79 Å². The van der Waals surface area contributed by atoms with E-state index in [1.807, 2.05) is 13.8 Å². The van der Waals surface area contributed by atoms with Crippen molar-refractivity contribution in [2.75, 3.05) is 5.32 Å². The first kappa shape index (κ1) is 16.5. The molecule has 7 heteroatoms. The largest absolute Gasteiger partial charge is 0.350 e. The summed E-state index contributed by atoms with van der Waals surface area (Å²) < 4.78 is 0. The Bertz CT molecular complexity index is 641. The molecule has 0 saturated carbocycles. The summed E-state index contributed by atoms with van der Waals surface area (Å²) in [7, 11) is 0. The smallest absolute Gasteiger partial charge is 0.254 e. The predicted octanol–water partition coefficient (Wildman–Crippen LogP) is 4.06. The summed E-state index contributed by atoms with van der Waals surface area (Å²) in [4.78, 5) is 20.2. The number of carbonyl (C=O) groups excluding carboxylic acids is 1. The van der Waals surface area contributed by atoms with E-state index in [0.29, 0.717) is 27.2 Å². The molecule has 1 aromatic heterocycles. The number of para-hydroxylation sites is 1. The first-order valence-corrected chi connectivity index (χ1v) is 7.60. The quantitative estimate of drug-likeness (QED) is 0.862. The number of anilines is 2. The molecular weight excluding hydrogens is 323 g/mol. The molecule has 2 aromatic rings. The summed E-state index contributed by atoms with van der Waals surface area (Å²) in [5.74, 6) is 0.117. The maximum atomic E-state index is 11.9. The van der Waals surface area contributed by atoms with Crippen LogP contribution in [0.1, 0.15) is 30.6 Å². The van der Waals surface area contributed by atoms with E-state index >= 15 is 0 Å². The molecule has 2 rings (SSSR count). The van der Waals surface area contributed by atoms with Gasteiger partial charge in [-0.05, 0) is 25.5 Å². The van der Waals surface area contributed by atoms with Gasteiger partial charge in [0.05, 0.1) is 21.3 Å². The highest BCUT2D eigenvalue weighted by Gasteiger charge is 2.11. The molecule has 1 atom stereocenters. The Morgan fingerprint density at radius 1 is 1.23 bits per heavy atom. The van der Waals surface area contributed by atoms with Crippen molar-refractivity contribution in [2.24, 2.45) is 0 Å². The van der Waals surface area contributed by atoms with Crippen molar-refractivity contribution >= 4 is 40.7 Å². The zero-order chi connectivity index (χ0) is 16.1. The summed E-state index contributed by atoms with van der Waals surface area (Å²) in [6.45, 7) is 3.94.